The van der Waals surface area contributed by atoms with Gasteiger partial charge in [0.2, 0.25) is 0 Å². The van der Waals surface area contributed by atoms with Gasteiger partial charge in [0, 0.05) is 30.7 Å². The topological polar surface area (TPSA) is 86.3 Å². The summed E-state index contributed by atoms with van der Waals surface area (Å²) in [5, 5.41) is 16.8. The van der Waals surface area contributed by atoms with E-state index in [0.29, 0.717) is 12.2 Å². The summed E-state index contributed by atoms with van der Waals surface area (Å²) in [4.78, 5) is 24.8. The number of amides is 1. The number of aliphatic carboxylic acids is 1. The van der Waals surface area contributed by atoms with Crippen LogP contribution in [0.3, 0.4) is 0 Å². The number of thiophene rings is 1. The fourth-order valence-corrected chi connectivity index (χ4v) is 2.44. The van der Waals surface area contributed by atoms with Crippen molar-refractivity contribution in [3.05, 3.63) is 45.9 Å². The second-order valence-corrected chi connectivity index (χ2v) is 5.10. The van der Waals surface area contributed by atoms with Crippen molar-refractivity contribution in [2.45, 2.75) is 6.54 Å². The Hall–Kier alpha value is -2.41. The van der Waals surface area contributed by atoms with E-state index >= 15 is 0 Å². The number of hydrogen-bond acceptors (Lipinski definition) is 4. The first kappa shape index (κ1) is 14.0. The molecule has 0 aromatic carbocycles. The van der Waals surface area contributed by atoms with E-state index in [2.05, 4.69) is 10.2 Å². The summed E-state index contributed by atoms with van der Waals surface area (Å²) in [6.07, 6.45) is 4.16. The molecule has 2 N–H and O–H groups in total. The molecule has 0 bridgehead atoms. The Morgan fingerprint density at radius 3 is 3.00 bits per heavy atom. The average Bonchev–Trinajstić information content (AvgIpc) is 3.06. The molecular formula is C13H13N3O3S. The summed E-state index contributed by atoms with van der Waals surface area (Å²) in [6.45, 7) is 0.454. The van der Waals surface area contributed by atoms with Crippen molar-refractivity contribution in [1.82, 2.24) is 15.1 Å². The molecule has 6 nitrogen and oxygen atoms in total. The monoisotopic (exact) mass is 291 g/mol. The molecule has 2 rings (SSSR count). The van der Waals surface area contributed by atoms with Crippen LogP contribution in [0.2, 0.25) is 0 Å². The smallest absolute Gasteiger partial charge is 0.328 e. The van der Waals surface area contributed by atoms with E-state index in [1.54, 1.807) is 18.0 Å². The van der Waals surface area contributed by atoms with Gasteiger partial charge in [-0.05, 0) is 29.2 Å². The zero-order valence-electron chi connectivity index (χ0n) is 10.7. The molecule has 2 heterocycles. The minimum atomic E-state index is -0.980. The molecule has 0 unspecified atom stereocenters. The van der Waals surface area contributed by atoms with E-state index in [-0.39, 0.29) is 5.91 Å². The Balaban J connectivity index is 2.00. The first-order valence-corrected chi connectivity index (χ1v) is 6.67. The standard InChI is InChI=1S/C13H13N3O3S/c1-16(13(19)11-4-5-14-15-11)7-9-6-10(20-8-9)2-3-12(17)18/h2-6,8H,7H2,1H3,(H,14,15)(H,17,18). The van der Waals surface area contributed by atoms with E-state index in [9.17, 15) is 9.59 Å². The van der Waals surface area contributed by atoms with Crippen molar-refractivity contribution < 1.29 is 14.7 Å². The van der Waals surface area contributed by atoms with Crippen molar-refractivity contribution in [3.8, 4) is 0 Å². The van der Waals surface area contributed by atoms with Gasteiger partial charge in [-0.2, -0.15) is 5.10 Å². The zero-order chi connectivity index (χ0) is 14.5. The van der Waals surface area contributed by atoms with Gasteiger partial charge in [0.25, 0.3) is 5.91 Å². The van der Waals surface area contributed by atoms with E-state index in [1.807, 2.05) is 11.4 Å². The molecule has 1 amide bonds. The molecule has 0 atom stereocenters. The van der Waals surface area contributed by atoms with Crippen LogP contribution in [0, 0.1) is 0 Å². The van der Waals surface area contributed by atoms with Gasteiger partial charge in [0.1, 0.15) is 5.69 Å². The summed E-state index contributed by atoms with van der Waals surface area (Å²) in [5.74, 6) is -1.12. The fourth-order valence-electron chi connectivity index (χ4n) is 1.64. The number of aromatic nitrogens is 2. The van der Waals surface area contributed by atoms with Crippen LogP contribution < -0.4 is 0 Å². The number of carboxylic acid groups (broad SMARTS) is 1. The molecule has 0 spiro atoms. The number of rotatable bonds is 5. The second-order valence-electron chi connectivity index (χ2n) is 4.16. The minimum Gasteiger partial charge on any atom is -0.478 e. The van der Waals surface area contributed by atoms with Crippen LogP contribution in [-0.2, 0) is 11.3 Å². The summed E-state index contributed by atoms with van der Waals surface area (Å²) < 4.78 is 0. The molecule has 0 radical (unpaired) electrons. The highest BCUT2D eigenvalue weighted by Gasteiger charge is 2.13. The van der Waals surface area contributed by atoms with Crippen LogP contribution in [0.25, 0.3) is 6.08 Å². The quantitative estimate of drug-likeness (QED) is 0.823. The number of carbonyl (C=O) groups is 2. The molecule has 0 aliphatic carbocycles. The largest absolute Gasteiger partial charge is 0.478 e. The maximum Gasteiger partial charge on any atom is 0.328 e. The van der Waals surface area contributed by atoms with Gasteiger partial charge in [0.05, 0.1) is 0 Å². The predicted octanol–water partition coefficient (Wildman–Crippen LogP) is 1.84. The van der Waals surface area contributed by atoms with Crippen molar-refractivity contribution in [2.75, 3.05) is 7.05 Å². The molecule has 104 valence electrons. The molecule has 7 heteroatoms. The van der Waals surface area contributed by atoms with Crippen molar-refractivity contribution in [1.29, 1.82) is 0 Å². The molecule has 20 heavy (non-hydrogen) atoms. The van der Waals surface area contributed by atoms with Gasteiger partial charge in [-0.25, -0.2) is 4.79 Å². The van der Waals surface area contributed by atoms with E-state index in [1.165, 1.54) is 23.6 Å². The maximum absolute atomic E-state index is 12.0. The molecule has 0 saturated heterocycles. The Bertz CT molecular complexity index is 631. The fraction of sp³-hybridized carbons (Fsp3) is 0.154. The zero-order valence-corrected chi connectivity index (χ0v) is 11.6. The lowest BCUT2D eigenvalue weighted by Gasteiger charge is -2.14. The van der Waals surface area contributed by atoms with Gasteiger partial charge in [-0.1, -0.05) is 0 Å². The molecule has 0 fully saturated rings. The Kier molecular flexibility index (Phi) is 4.31. The lowest BCUT2D eigenvalue weighted by molar-refractivity contribution is -0.131. The SMILES string of the molecule is CN(Cc1csc(C=CC(=O)O)c1)C(=O)c1ccn[nH]1. The van der Waals surface area contributed by atoms with Crippen LogP contribution in [0.15, 0.2) is 29.8 Å². The summed E-state index contributed by atoms with van der Waals surface area (Å²) in [6, 6.07) is 3.48. The lowest BCUT2D eigenvalue weighted by atomic mass is 10.2. The molecule has 0 aliphatic heterocycles. The maximum atomic E-state index is 12.0. The van der Waals surface area contributed by atoms with E-state index in [4.69, 9.17) is 5.11 Å². The number of carbonyl (C=O) groups excluding carboxylic acids is 1. The van der Waals surface area contributed by atoms with Gasteiger partial charge in [-0.3, -0.25) is 9.89 Å². The Morgan fingerprint density at radius 1 is 1.55 bits per heavy atom. The number of H-pyrrole nitrogens is 1. The van der Waals surface area contributed by atoms with Gasteiger partial charge in [0.15, 0.2) is 0 Å². The van der Waals surface area contributed by atoms with Crippen LogP contribution >= 0.6 is 11.3 Å². The number of carboxylic acids is 1. The summed E-state index contributed by atoms with van der Waals surface area (Å²) in [5.41, 5.74) is 1.39. The third kappa shape index (κ3) is 3.55. The third-order valence-electron chi connectivity index (χ3n) is 2.56. The number of aromatic amines is 1. The van der Waals surface area contributed by atoms with Crippen LogP contribution in [-0.4, -0.2) is 39.1 Å². The molecule has 2 aromatic rings. The van der Waals surface area contributed by atoms with E-state index in [0.717, 1.165) is 16.5 Å². The Morgan fingerprint density at radius 2 is 2.35 bits per heavy atom. The van der Waals surface area contributed by atoms with Crippen LogP contribution in [0.1, 0.15) is 20.9 Å². The van der Waals surface area contributed by atoms with Crippen molar-refractivity contribution >= 4 is 29.3 Å². The highest BCUT2D eigenvalue weighted by atomic mass is 32.1. The Labute approximate surface area is 119 Å². The van der Waals surface area contributed by atoms with Crippen LogP contribution in [0.5, 0.6) is 0 Å². The normalized spacial score (nSPS) is 10.8. The number of hydrogen-bond donors (Lipinski definition) is 2. The number of nitrogens with one attached hydrogen (secondary N) is 1. The predicted molar refractivity (Wildman–Crippen MR) is 75.4 cm³/mol. The van der Waals surface area contributed by atoms with Crippen LogP contribution in [0.4, 0.5) is 0 Å². The lowest BCUT2D eigenvalue weighted by Crippen LogP contribution is -2.26. The molecular weight excluding hydrogens is 278 g/mol. The second kappa shape index (κ2) is 6.16. The average molecular weight is 291 g/mol. The molecule has 2 aromatic heterocycles. The molecule has 0 saturated carbocycles. The first-order valence-electron chi connectivity index (χ1n) is 5.79. The molecule has 0 aliphatic rings. The number of nitrogens with zero attached hydrogens (tertiary/aromatic N) is 2. The summed E-state index contributed by atoms with van der Waals surface area (Å²) in [7, 11) is 1.70. The highest BCUT2D eigenvalue weighted by Crippen LogP contribution is 2.18. The third-order valence-corrected chi connectivity index (χ3v) is 3.51. The van der Waals surface area contributed by atoms with Gasteiger partial charge < -0.3 is 10.0 Å². The minimum absolute atomic E-state index is 0.142. The first-order chi connectivity index (χ1) is 9.56. The van der Waals surface area contributed by atoms with Gasteiger partial charge >= 0.3 is 5.97 Å². The van der Waals surface area contributed by atoms with E-state index < -0.39 is 5.97 Å². The highest BCUT2D eigenvalue weighted by molar-refractivity contribution is 7.11. The summed E-state index contributed by atoms with van der Waals surface area (Å²) >= 11 is 1.43. The van der Waals surface area contributed by atoms with Crippen molar-refractivity contribution in [2.24, 2.45) is 0 Å². The van der Waals surface area contributed by atoms with Crippen molar-refractivity contribution in [3.63, 3.8) is 0 Å². The van der Waals surface area contributed by atoms with Gasteiger partial charge in [-0.15, -0.1) is 11.3 Å².